The highest BCUT2D eigenvalue weighted by Gasteiger charge is 2.29. The first kappa shape index (κ1) is 22.4. The summed E-state index contributed by atoms with van der Waals surface area (Å²) >= 11 is 4.93. The molecular formula is C25H29BrN2O2S. The molecule has 0 aliphatic heterocycles. The number of hydrogen-bond acceptors (Lipinski definition) is 4. The molecule has 2 heterocycles. The lowest BCUT2D eigenvalue weighted by molar-refractivity contribution is 0.0934. The van der Waals surface area contributed by atoms with Gasteiger partial charge in [-0.3, -0.25) is 4.79 Å². The highest BCUT2D eigenvalue weighted by atomic mass is 79.9. The summed E-state index contributed by atoms with van der Waals surface area (Å²) in [5, 5.41) is 13.6. The van der Waals surface area contributed by atoms with E-state index < -0.39 is 0 Å². The highest BCUT2D eigenvalue weighted by molar-refractivity contribution is 9.10. The number of aromatic nitrogens is 1. The first-order chi connectivity index (χ1) is 14.7. The van der Waals surface area contributed by atoms with Crippen LogP contribution in [0.4, 0.5) is 0 Å². The number of nitrogens with one attached hydrogen (secondary N) is 1. The van der Waals surface area contributed by atoms with Gasteiger partial charge in [0.05, 0.1) is 10.9 Å². The second-order valence-corrected chi connectivity index (χ2v) is 11.4. The molecule has 0 radical (unpaired) electrons. The van der Waals surface area contributed by atoms with Crippen molar-refractivity contribution in [3.63, 3.8) is 0 Å². The van der Waals surface area contributed by atoms with Gasteiger partial charge in [-0.05, 0) is 72.4 Å². The minimum atomic E-state index is -0.242. The van der Waals surface area contributed by atoms with Gasteiger partial charge >= 0.3 is 0 Å². The van der Waals surface area contributed by atoms with Crippen LogP contribution in [0.1, 0.15) is 66.1 Å². The Morgan fingerprint density at radius 1 is 1.32 bits per heavy atom. The quantitative estimate of drug-likeness (QED) is 0.447. The maximum absolute atomic E-state index is 13.0. The van der Waals surface area contributed by atoms with Crippen molar-refractivity contribution < 1.29 is 9.90 Å². The summed E-state index contributed by atoms with van der Waals surface area (Å²) in [5.74, 6) is 0.539. The second-order valence-electron chi connectivity index (χ2n) is 9.50. The van der Waals surface area contributed by atoms with Gasteiger partial charge in [0.2, 0.25) is 0 Å². The lowest BCUT2D eigenvalue weighted by Gasteiger charge is -2.34. The molecule has 1 aromatic carbocycles. The van der Waals surface area contributed by atoms with Crippen LogP contribution in [0, 0.1) is 11.3 Å². The van der Waals surface area contributed by atoms with E-state index in [1.54, 1.807) is 0 Å². The van der Waals surface area contributed by atoms with Crippen LogP contribution in [0.25, 0.3) is 10.2 Å². The van der Waals surface area contributed by atoms with Crippen LogP contribution in [0.2, 0.25) is 0 Å². The van der Waals surface area contributed by atoms with Gasteiger partial charge < -0.3 is 10.4 Å². The van der Waals surface area contributed by atoms with Crippen LogP contribution in [-0.4, -0.2) is 22.6 Å². The summed E-state index contributed by atoms with van der Waals surface area (Å²) in [6.45, 7) is 6.95. The van der Waals surface area contributed by atoms with Crippen molar-refractivity contribution in [3.8, 4) is 0 Å². The molecule has 164 valence electrons. The number of carbonyl (C=O) groups excluding carboxylic acids is 1. The number of rotatable bonds is 5. The van der Waals surface area contributed by atoms with E-state index in [-0.39, 0.29) is 18.6 Å². The molecular weight excluding hydrogens is 472 g/mol. The molecule has 0 saturated carbocycles. The van der Waals surface area contributed by atoms with Crippen molar-refractivity contribution >= 4 is 43.4 Å². The maximum Gasteiger partial charge on any atom is 0.261 e. The minimum Gasteiger partial charge on any atom is -0.396 e. The third-order valence-corrected chi connectivity index (χ3v) is 7.83. The molecule has 6 heteroatoms. The zero-order valence-electron chi connectivity index (χ0n) is 18.2. The number of aliphatic hydroxyl groups excluding tert-OH is 1. The molecule has 1 aliphatic carbocycles. The third-order valence-electron chi connectivity index (χ3n) is 6.30. The van der Waals surface area contributed by atoms with E-state index in [9.17, 15) is 9.90 Å². The number of benzene rings is 1. The van der Waals surface area contributed by atoms with Crippen molar-refractivity contribution in [2.24, 2.45) is 11.3 Å². The molecule has 4 rings (SSSR count). The minimum absolute atomic E-state index is 0.00704. The second kappa shape index (κ2) is 9.00. The molecule has 2 N–H and O–H groups in total. The number of pyridine rings is 1. The van der Waals surface area contributed by atoms with Crippen LogP contribution in [0.15, 0.2) is 40.9 Å². The molecule has 31 heavy (non-hydrogen) atoms. The molecule has 4 nitrogen and oxygen atoms in total. The van der Waals surface area contributed by atoms with E-state index in [2.05, 4.69) is 48.1 Å². The van der Waals surface area contributed by atoms with Gasteiger partial charge in [0.1, 0.15) is 4.83 Å². The molecule has 3 aromatic rings. The molecule has 0 bridgehead atoms. The monoisotopic (exact) mass is 500 g/mol. The Kier molecular flexibility index (Phi) is 6.52. The first-order valence-corrected chi connectivity index (χ1v) is 12.4. The smallest absolute Gasteiger partial charge is 0.261 e. The number of hydrogen-bond donors (Lipinski definition) is 2. The number of amides is 1. The molecule has 1 amide bonds. The van der Waals surface area contributed by atoms with Crippen molar-refractivity contribution in [2.45, 2.75) is 52.5 Å². The fourth-order valence-corrected chi connectivity index (χ4v) is 5.73. The molecule has 1 aliphatic rings. The number of aryl methyl sites for hydroxylation is 1. The molecule has 2 aromatic heterocycles. The maximum atomic E-state index is 13.0. The summed E-state index contributed by atoms with van der Waals surface area (Å²) in [6.07, 6.45) is 3.70. The van der Waals surface area contributed by atoms with Crippen LogP contribution >= 0.6 is 27.3 Å². The van der Waals surface area contributed by atoms with Crippen molar-refractivity contribution in [3.05, 3.63) is 62.6 Å². The molecule has 2 atom stereocenters. The van der Waals surface area contributed by atoms with Gasteiger partial charge in [-0.2, -0.15) is 0 Å². The van der Waals surface area contributed by atoms with Crippen LogP contribution < -0.4 is 5.32 Å². The van der Waals surface area contributed by atoms with Gasteiger partial charge in [-0.15, -0.1) is 11.3 Å². The van der Waals surface area contributed by atoms with Crippen molar-refractivity contribution in [2.75, 3.05) is 6.61 Å². The Morgan fingerprint density at radius 3 is 2.84 bits per heavy atom. The van der Waals surface area contributed by atoms with Crippen molar-refractivity contribution in [1.82, 2.24) is 10.3 Å². The lowest BCUT2D eigenvalue weighted by atomic mass is 9.71. The van der Waals surface area contributed by atoms with E-state index in [0.29, 0.717) is 22.6 Å². The summed E-state index contributed by atoms with van der Waals surface area (Å²) in [6, 6.07) is 11.8. The van der Waals surface area contributed by atoms with E-state index >= 15 is 0 Å². The fourth-order valence-electron chi connectivity index (χ4n) is 4.38. The van der Waals surface area contributed by atoms with E-state index in [1.165, 1.54) is 29.0 Å². The number of halogens is 1. The number of nitrogens with zero attached hydrogens (tertiary/aromatic N) is 1. The van der Waals surface area contributed by atoms with Gasteiger partial charge in [-0.1, -0.05) is 48.8 Å². The SMILES string of the molecule is CC(C)(C)C1CCc2nc3sc(C(=O)N[C@H](CCO)c4cccc(Br)c4)cc3cc2C1. The largest absolute Gasteiger partial charge is 0.396 e. The molecule has 0 spiro atoms. The molecule has 0 saturated heterocycles. The number of thiophene rings is 1. The summed E-state index contributed by atoms with van der Waals surface area (Å²) in [5.41, 5.74) is 3.78. The molecule has 1 unspecified atom stereocenters. The van der Waals surface area contributed by atoms with Crippen LogP contribution in [0.3, 0.4) is 0 Å². The Morgan fingerprint density at radius 2 is 2.13 bits per heavy atom. The summed E-state index contributed by atoms with van der Waals surface area (Å²) < 4.78 is 0.951. The van der Waals surface area contributed by atoms with Gasteiger partial charge in [-0.25, -0.2) is 4.98 Å². The number of aliphatic hydroxyl groups is 1. The predicted octanol–water partition coefficient (Wildman–Crippen LogP) is 6.06. The Balaban J connectivity index is 1.57. The topological polar surface area (TPSA) is 62.2 Å². The van der Waals surface area contributed by atoms with Gasteiger partial charge in [0, 0.05) is 22.2 Å². The first-order valence-electron chi connectivity index (χ1n) is 10.8. The molecule has 0 fully saturated rings. The van der Waals surface area contributed by atoms with Gasteiger partial charge in [0.15, 0.2) is 0 Å². The normalized spacial score (nSPS) is 17.4. The predicted molar refractivity (Wildman–Crippen MR) is 131 cm³/mol. The van der Waals surface area contributed by atoms with Gasteiger partial charge in [0.25, 0.3) is 5.91 Å². The van der Waals surface area contributed by atoms with E-state index in [0.717, 1.165) is 33.1 Å². The zero-order chi connectivity index (χ0) is 22.2. The number of carbonyl (C=O) groups is 1. The third kappa shape index (κ3) is 5.02. The average Bonchev–Trinajstić information content (AvgIpc) is 3.13. The zero-order valence-corrected chi connectivity index (χ0v) is 20.6. The Hall–Kier alpha value is -1.76. The summed E-state index contributed by atoms with van der Waals surface area (Å²) in [4.78, 5) is 19.5. The van der Waals surface area contributed by atoms with Crippen molar-refractivity contribution in [1.29, 1.82) is 0 Å². The van der Waals surface area contributed by atoms with Crippen LogP contribution in [-0.2, 0) is 12.8 Å². The van der Waals surface area contributed by atoms with E-state index in [4.69, 9.17) is 4.98 Å². The van der Waals surface area contributed by atoms with E-state index in [1.807, 2.05) is 30.3 Å². The highest BCUT2D eigenvalue weighted by Crippen LogP contribution is 2.38. The van der Waals surface area contributed by atoms with Crippen LogP contribution in [0.5, 0.6) is 0 Å². The Labute approximate surface area is 196 Å². The average molecular weight is 501 g/mol. The fraction of sp³-hybridized carbons (Fsp3) is 0.440. The summed E-state index contributed by atoms with van der Waals surface area (Å²) in [7, 11) is 0. The lowest BCUT2D eigenvalue weighted by Crippen LogP contribution is -2.28. The Bertz CT molecular complexity index is 1100. The standard InChI is InChI=1S/C25H29BrN2O2S/c1-25(2,3)18-7-8-20-16(12-18)11-17-14-22(31-24(17)28-20)23(30)27-21(9-10-29)15-5-4-6-19(26)13-15/h4-6,11,13-14,18,21,29H,7-10,12H2,1-3H3,(H,27,30)/t18?,21-/m1/s1. The number of fused-ring (bicyclic) bond motifs is 2.